The normalized spacial score (nSPS) is 17.7. The Morgan fingerprint density at radius 2 is 1.81 bits per heavy atom. The van der Waals surface area contributed by atoms with Gasteiger partial charge in [-0.3, -0.25) is 4.90 Å². The van der Waals surface area contributed by atoms with Crippen LogP contribution < -0.4 is 0 Å². The van der Waals surface area contributed by atoms with Gasteiger partial charge in [0, 0.05) is 12.6 Å². The largest absolute Gasteiger partial charge is 0.478 e. The van der Waals surface area contributed by atoms with Crippen molar-refractivity contribution < 1.29 is 19.7 Å². The van der Waals surface area contributed by atoms with Gasteiger partial charge in [-0.25, -0.2) is 4.79 Å². The molecule has 5 heteroatoms. The van der Waals surface area contributed by atoms with Crippen molar-refractivity contribution in [2.75, 3.05) is 19.7 Å². The monoisotopic (exact) mass is 487 g/mol. The van der Waals surface area contributed by atoms with Crippen molar-refractivity contribution in [1.82, 2.24) is 4.90 Å². The zero-order chi connectivity index (χ0) is 25.7. The van der Waals surface area contributed by atoms with Crippen LogP contribution in [0, 0.1) is 13.8 Å². The SMILES string of the molecule is Cc1ccccc1CC1CCCN1C[C@@H](O)CO[C@H](C)c1ccccc1-c1ccc(C(=O)O)c(C)c1. The van der Waals surface area contributed by atoms with E-state index < -0.39 is 12.1 Å². The summed E-state index contributed by atoms with van der Waals surface area (Å²) < 4.78 is 6.16. The number of aromatic carboxylic acids is 1. The Bertz CT molecular complexity index is 1190. The number of carbonyl (C=O) groups is 1. The standard InChI is InChI=1S/C31H37NO4/c1-21-9-4-5-10-24(21)18-26-11-8-16-32(26)19-27(33)20-36-23(3)29-12-6-7-13-30(29)25-14-15-28(31(34)35)22(2)17-25/h4-7,9-10,12-15,17,23,26-27,33H,8,11,16,18-20H2,1-3H3,(H,34,35)/t23-,26?,27-/m1/s1. The number of aryl methyl sites for hydroxylation is 2. The van der Waals surface area contributed by atoms with Crippen molar-refractivity contribution in [1.29, 1.82) is 0 Å². The van der Waals surface area contributed by atoms with E-state index >= 15 is 0 Å². The molecule has 0 aliphatic carbocycles. The van der Waals surface area contributed by atoms with Gasteiger partial charge in [-0.2, -0.15) is 0 Å². The molecule has 0 bridgehead atoms. The van der Waals surface area contributed by atoms with E-state index in [1.54, 1.807) is 6.07 Å². The Kier molecular flexibility index (Phi) is 8.57. The van der Waals surface area contributed by atoms with E-state index in [1.165, 1.54) is 11.1 Å². The third-order valence-corrected chi connectivity index (χ3v) is 7.37. The third kappa shape index (κ3) is 6.22. The number of aliphatic hydroxyl groups excluding tert-OH is 1. The Morgan fingerprint density at radius 3 is 2.56 bits per heavy atom. The van der Waals surface area contributed by atoms with Gasteiger partial charge in [0.2, 0.25) is 0 Å². The van der Waals surface area contributed by atoms with Gasteiger partial charge in [-0.15, -0.1) is 0 Å². The summed E-state index contributed by atoms with van der Waals surface area (Å²) in [6.07, 6.45) is 2.56. The fraction of sp³-hybridized carbons (Fsp3) is 0.387. The molecule has 0 amide bonds. The van der Waals surface area contributed by atoms with Crippen molar-refractivity contribution in [2.24, 2.45) is 0 Å². The van der Waals surface area contributed by atoms with Crippen LogP contribution in [-0.2, 0) is 11.2 Å². The summed E-state index contributed by atoms with van der Waals surface area (Å²) in [5, 5.41) is 20.2. The van der Waals surface area contributed by atoms with E-state index in [0.29, 0.717) is 18.2 Å². The van der Waals surface area contributed by atoms with Crippen LogP contribution in [0.2, 0.25) is 0 Å². The minimum atomic E-state index is -0.919. The van der Waals surface area contributed by atoms with E-state index in [1.807, 2.05) is 50.2 Å². The Balaban J connectivity index is 1.37. The predicted molar refractivity (Wildman–Crippen MR) is 143 cm³/mol. The van der Waals surface area contributed by atoms with E-state index in [0.717, 1.165) is 48.1 Å². The molecule has 190 valence electrons. The van der Waals surface area contributed by atoms with Gasteiger partial charge < -0.3 is 14.9 Å². The van der Waals surface area contributed by atoms with Gasteiger partial charge in [0.05, 0.1) is 24.4 Å². The fourth-order valence-corrected chi connectivity index (χ4v) is 5.31. The first-order valence-electron chi connectivity index (χ1n) is 12.8. The average Bonchev–Trinajstić information content (AvgIpc) is 3.30. The highest BCUT2D eigenvalue weighted by molar-refractivity contribution is 5.90. The van der Waals surface area contributed by atoms with Crippen molar-refractivity contribution in [3.63, 3.8) is 0 Å². The highest BCUT2D eigenvalue weighted by Crippen LogP contribution is 2.31. The smallest absolute Gasteiger partial charge is 0.335 e. The number of carboxylic acid groups (broad SMARTS) is 1. The van der Waals surface area contributed by atoms with Crippen LogP contribution in [0.3, 0.4) is 0 Å². The van der Waals surface area contributed by atoms with Crippen molar-refractivity contribution in [3.05, 3.63) is 94.5 Å². The number of aliphatic hydroxyl groups is 1. The molecule has 0 radical (unpaired) electrons. The summed E-state index contributed by atoms with van der Waals surface area (Å²) in [6.45, 7) is 7.87. The fourth-order valence-electron chi connectivity index (χ4n) is 5.31. The lowest BCUT2D eigenvalue weighted by molar-refractivity contribution is -0.0169. The van der Waals surface area contributed by atoms with E-state index in [9.17, 15) is 15.0 Å². The minimum Gasteiger partial charge on any atom is -0.478 e. The summed E-state index contributed by atoms with van der Waals surface area (Å²) in [4.78, 5) is 13.8. The number of nitrogens with zero attached hydrogens (tertiary/aromatic N) is 1. The number of likely N-dealkylation sites (tertiary alicyclic amines) is 1. The van der Waals surface area contributed by atoms with Gasteiger partial charge in [-0.05, 0) is 86.0 Å². The lowest BCUT2D eigenvalue weighted by Gasteiger charge is -2.28. The second-order valence-corrected chi connectivity index (χ2v) is 9.97. The van der Waals surface area contributed by atoms with E-state index in [4.69, 9.17) is 4.74 Å². The van der Waals surface area contributed by atoms with Gasteiger partial charge in [0.25, 0.3) is 0 Å². The topological polar surface area (TPSA) is 70.0 Å². The molecule has 1 unspecified atom stereocenters. The quantitative estimate of drug-likeness (QED) is 0.377. The Morgan fingerprint density at radius 1 is 1.06 bits per heavy atom. The maximum Gasteiger partial charge on any atom is 0.335 e. The molecule has 0 aromatic heterocycles. The van der Waals surface area contributed by atoms with Crippen LogP contribution in [0.15, 0.2) is 66.7 Å². The maximum atomic E-state index is 11.4. The highest BCUT2D eigenvalue weighted by atomic mass is 16.5. The Hall–Kier alpha value is -2.99. The molecule has 3 atom stereocenters. The molecule has 0 spiro atoms. The van der Waals surface area contributed by atoms with Gasteiger partial charge >= 0.3 is 5.97 Å². The molecule has 0 saturated carbocycles. The number of ether oxygens (including phenoxy) is 1. The highest BCUT2D eigenvalue weighted by Gasteiger charge is 2.27. The van der Waals surface area contributed by atoms with Crippen molar-refractivity contribution >= 4 is 5.97 Å². The second-order valence-electron chi connectivity index (χ2n) is 9.97. The van der Waals surface area contributed by atoms with Crippen LogP contribution in [0.5, 0.6) is 0 Å². The molecule has 5 nitrogen and oxygen atoms in total. The molecular weight excluding hydrogens is 450 g/mol. The van der Waals surface area contributed by atoms with Crippen molar-refractivity contribution in [2.45, 2.75) is 58.3 Å². The molecule has 1 saturated heterocycles. The first kappa shape index (κ1) is 26.1. The minimum absolute atomic E-state index is 0.211. The van der Waals surface area contributed by atoms with E-state index in [-0.39, 0.29) is 12.7 Å². The maximum absolute atomic E-state index is 11.4. The van der Waals surface area contributed by atoms with Crippen LogP contribution >= 0.6 is 0 Å². The molecule has 1 heterocycles. The average molecular weight is 488 g/mol. The van der Waals surface area contributed by atoms with Gasteiger partial charge in [-0.1, -0.05) is 60.7 Å². The van der Waals surface area contributed by atoms with Crippen LogP contribution in [0.25, 0.3) is 11.1 Å². The zero-order valence-electron chi connectivity index (χ0n) is 21.5. The number of benzene rings is 3. The molecule has 2 N–H and O–H groups in total. The predicted octanol–water partition coefficient (Wildman–Crippen LogP) is 5.81. The van der Waals surface area contributed by atoms with Crippen LogP contribution in [0.1, 0.15) is 58.5 Å². The molecule has 3 aromatic carbocycles. The molecule has 1 fully saturated rings. The van der Waals surface area contributed by atoms with Crippen LogP contribution in [0.4, 0.5) is 0 Å². The first-order valence-corrected chi connectivity index (χ1v) is 12.8. The first-order chi connectivity index (χ1) is 17.3. The second kappa shape index (κ2) is 11.8. The van der Waals surface area contributed by atoms with Gasteiger partial charge in [0.15, 0.2) is 0 Å². The summed E-state index contributed by atoms with van der Waals surface area (Å²) in [5.74, 6) is -0.919. The molecule has 4 rings (SSSR count). The molecule has 1 aliphatic rings. The zero-order valence-corrected chi connectivity index (χ0v) is 21.5. The summed E-state index contributed by atoms with van der Waals surface area (Å²) in [6, 6.07) is 22.4. The van der Waals surface area contributed by atoms with Gasteiger partial charge in [0.1, 0.15) is 0 Å². The summed E-state index contributed by atoms with van der Waals surface area (Å²) in [7, 11) is 0. The molecule has 36 heavy (non-hydrogen) atoms. The summed E-state index contributed by atoms with van der Waals surface area (Å²) in [5.41, 5.74) is 6.74. The Labute approximate surface area is 214 Å². The molecule has 3 aromatic rings. The third-order valence-electron chi connectivity index (χ3n) is 7.37. The molecule has 1 aliphatic heterocycles. The number of carboxylic acids is 1. The number of hydrogen-bond acceptors (Lipinski definition) is 4. The number of β-amino-alcohol motifs (C(OH)–C–C–N with tert-alkyl or cyclic N) is 1. The molecular formula is C31H37NO4. The summed E-state index contributed by atoms with van der Waals surface area (Å²) >= 11 is 0. The lowest BCUT2D eigenvalue weighted by Crippen LogP contribution is -2.39. The lowest BCUT2D eigenvalue weighted by atomic mass is 9.94. The van der Waals surface area contributed by atoms with E-state index in [2.05, 4.69) is 36.1 Å². The van der Waals surface area contributed by atoms with Crippen molar-refractivity contribution in [3.8, 4) is 11.1 Å². The van der Waals surface area contributed by atoms with Crippen LogP contribution in [-0.4, -0.2) is 52.9 Å². The number of hydrogen-bond donors (Lipinski definition) is 2. The number of rotatable bonds is 10.